The Morgan fingerprint density at radius 1 is 0.646 bits per heavy atom. The minimum Gasteiger partial charge on any atom is -0.463 e. The van der Waals surface area contributed by atoms with E-state index < -0.39 is 12.7 Å². The first-order valence-corrected chi connectivity index (χ1v) is 19.4. The Labute approximate surface area is 292 Å². The van der Waals surface area contributed by atoms with E-state index >= 15 is 0 Å². The third kappa shape index (κ3) is 26.5. The SMILES string of the molecule is CCCCCC(O)/C=C/C1OC1CCCCCCCC(=O)OCC(O)CO.CCCCCC(O)/C=C/C1OC1CCCCCCCCO. The number of hydrogen-bond acceptors (Lipinski definition) is 9. The van der Waals surface area contributed by atoms with Crippen LogP contribution in [0.5, 0.6) is 0 Å². The molecule has 48 heavy (non-hydrogen) atoms. The van der Waals surface area contributed by atoms with Crippen molar-refractivity contribution in [2.75, 3.05) is 19.8 Å². The van der Waals surface area contributed by atoms with Crippen molar-refractivity contribution in [2.45, 2.75) is 198 Å². The largest absolute Gasteiger partial charge is 0.463 e. The number of carbonyl (C=O) groups is 1. The number of carbonyl (C=O) groups excluding carboxylic acids is 1. The minimum absolute atomic E-state index is 0.137. The second-order valence-corrected chi connectivity index (χ2v) is 13.6. The molecular formula is C39H72O9. The fourth-order valence-electron chi connectivity index (χ4n) is 5.61. The van der Waals surface area contributed by atoms with Crippen molar-refractivity contribution in [3.05, 3.63) is 24.3 Å². The topological polar surface area (TPSA) is 153 Å². The highest BCUT2D eigenvalue weighted by molar-refractivity contribution is 5.69. The van der Waals surface area contributed by atoms with E-state index in [-0.39, 0.29) is 37.0 Å². The van der Waals surface area contributed by atoms with E-state index in [9.17, 15) is 15.0 Å². The Balaban J connectivity index is 0.000000495. The van der Waals surface area contributed by atoms with E-state index in [0.717, 1.165) is 83.5 Å². The van der Waals surface area contributed by atoms with Gasteiger partial charge in [-0.1, -0.05) is 134 Å². The monoisotopic (exact) mass is 685 g/mol. The molecule has 7 atom stereocenters. The standard InChI is InChI=1S/C21H38O6.C18H34O3/c1-2-3-7-10-17(23)13-14-20-19(27-20)11-8-5-4-6-9-12-21(25)26-16-18(24)15-22;1-2-3-8-11-16(20)13-14-18-17(21-18)12-9-6-4-5-7-10-15-19/h13-14,17-20,22-24H,2-12,15-16H2,1H3;13-14,16-20H,2-12,15H2,1H3/b2*14-13+. The normalized spacial score (nSPS) is 22.0. The van der Waals surface area contributed by atoms with Crippen LogP contribution in [0.3, 0.4) is 0 Å². The van der Waals surface area contributed by atoms with Gasteiger partial charge in [0.2, 0.25) is 0 Å². The first-order valence-electron chi connectivity index (χ1n) is 19.4. The number of rotatable bonds is 31. The van der Waals surface area contributed by atoms with Crippen molar-refractivity contribution in [1.29, 1.82) is 0 Å². The Morgan fingerprint density at radius 3 is 1.56 bits per heavy atom. The molecule has 0 aromatic carbocycles. The fourth-order valence-corrected chi connectivity index (χ4v) is 5.61. The molecule has 0 aliphatic carbocycles. The summed E-state index contributed by atoms with van der Waals surface area (Å²) in [5.74, 6) is -0.319. The van der Waals surface area contributed by atoms with Gasteiger partial charge in [0.05, 0.1) is 31.0 Å². The second-order valence-electron chi connectivity index (χ2n) is 13.6. The lowest BCUT2D eigenvalue weighted by Gasteiger charge is -2.08. The predicted octanol–water partition coefficient (Wildman–Crippen LogP) is 6.85. The Morgan fingerprint density at radius 2 is 1.10 bits per heavy atom. The summed E-state index contributed by atoms with van der Waals surface area (Å²) >= 11 is 0. The molecule has 2 aliphatic rings. The maximum Gasteiger partial charge on any atom is 0.305 e. The zero-order chi connectivity index (χ0) is 35.2. The molecule has 0 spiro atoms. The van der Waals surface area contributed by atoms with Gasteiger partial charge in [-0.25, -0.2) is 0 Å². The molecule has 0 saturated carbocycles. The lowest BCUT2D eigenvalue weighted by Crippen LogP contribution is -2.21. The molecule has 2 heterocycles. The van der Waals surface area contributed by atoms with Crippen LogP contribution in [0.15, 0.2) is 24.3 Å². The zero-order valence-corrected chi connectivity index (χ0v) is 30.4. The molecule has 0 aromatic rings. The first kappa shape index (κ1) is 44.7. The van der Waals surface area contributed by atoms with Crippen LogP contribution >= 0.6 is 0 Å². The van der Waals surface area contributed by atoms with Crippen LogP contribution in [0, 0.1) is 0 Å². The minimum atomic E-state index is -0.985. The quantitative estimate of drug-likeness (QED) is 0.0228. The van der Waals surface area contributed by atoms with Crippen LogP contribution in [0.2, 0.25) is 0 Å². The highest BCUT2D eigenvalue weighted by atomic mass is 16.6. The van der Waals surface area contributed by atoms with Gasteiger partial charge in [0.1, 0.15) is 24.9 Å². The molecule has 2 rings (SSSR count). The number of ether oxygens (including phenoxy) is 3. The van der Waals surface area contributed by atoms with Gasteiger partial charge in [-0.3, -0.25) is 4.79 Å². The second kappa shape index (κ2) is 30.5. The smallest absolute Gasteiger partial charge is 0.305 e. The molecule has 9 nitrogen and oxygen atoms in total. The molecule has 0 bridgehead atoms. The summed E-state index contributed by atoms with van der Waals surface area (Å²) < 4.78 is 16.1. The summed E-state index contributed by atoms with van der Waals surface area (Å²) in [5, 5.41) is 46.1. The lowest BCUT2D eigenvalue weighted by molar-refractivity contribution is -0.147. The number of esters is 1. The lowest BCUT2D eigenvalue weighted by atomic mass is 10.1. The number of aliphatic hydroxyl groups excluding tert-OH is 5. The number of hydrogen-bond donors (Lipinski definition) is 5. The van der Waals surface area contributed by atoms with Gasteiger partial charge >= 0.3 is 5.97 Å². The van der Waals surface area contributed by atoms with E-state index in [0.29, 0.717) is 25.2 Å². The van der Waals surface area contributed by atoms with Crippen molar-refractivity contribution < 1.29 is 44.5 Å². The van der Waals surface area contributed by atoms with Crippen molar-refractivity contribution in [2.24, 2.45) is 0 Å². The van der Waals surface area contributed by atoms with Crippen molar-refractivity contribution in [1.82, 2.24) is 0 Å². The maximum absolute atomic E-state index is 11.4. The molecule has 0 aromatic heterocycles. The first-order chi connectivity index (χ1) is 23.3. The summed E-state index contributed by atoms with van der Waals surface area (Å²) in [6.07, 6.45) is 30.6. The van der Waals surface area contributed by atoms with Crippen molar-refractivity contribution >= 4 is 5.97 Å². The average molecular weight is 685 g/mol. The number of epoxide rings is 2. The summed E-state index contributed by atoms with van der Waals surface area (Å²) in [6, 6.07) is 0. The number of aliphatic hydroxyl groups is 5. The molecule has 5 N–H and O–H groups in total. The molecule has 0 radical (unpaired) electrons. The van der Waals surface area contributed by atoms with E-state index in [1.807, 2.05) is 24.3 Å². The highest BCUT2D eigenvalue weighted by Gasteiger charge is 2.36. The third-order valence-corrected chi connectivity index (χ3v) is 8.91. The highest BCUT2D eigenvalue weighted by Crippen LogP contribution is 2.30. The van der Waals surface area contributed by atoms with E-state index in [2.05, 4.69) is 13.8 Å². The molecule has 0 amide bonds. The molecule has 2 fully saturated rings. The molecule has 7 unspecified atom stereocenters. The van der Waals surface area contributed by atoms with Gasteiger partial charge in [0.15, 0.2) is 0 Å². The average Bonchev–Trinajstić information content (AvgIpc) is 4.01. The molecule has 2 saturated heterocycles. The Bertz CT molecular complexity index is 804. The van der Waals surface area contributed by atoms with Crippen LogP contribution in [-0.4, -0.2) is 94.1 Å². The number of unbranched alkanes of at least 4 members (excludes halogenated alkanes) is 13. The van der Waals surface area contributed by atoms with E-state index in [1.54, 1.807) is 0 Å². The van der Waals surface area contributed by atoms with Crippen LogP contribution < -0.4 is 0 Å². The van der Waals surface area contributed by atoms with Gasteiger partial charge in [-0.2, -0.15) is 0 Å². The summed E-state index contributed by atoms with van der Waals surface area (Å²) in [7, 11) is 0. The van der Waals surface area contributed by atoms with Crippen molar-refractivity contribution in [3.63, 3.8) is 0 Å². The Hall–Kier alpha value is -1.33. The molecule has 282 valence electrons. The van der Waals surface area contributed by atoms with Gasteiger partial charge in [-0.05, 0) is 38.5 Å². The molecule has 2 aliphatic heterocycles. The van der Waals surface area contributed by atoms with Crippen molar-refractivity contribution in [3.8, 4) is 0 Å². The Kier molecular flexibility index (Phi) is 28.4. The van der Waals surface area contributed by atoms with Gasteiger partial charge < -0.3 is 39.7 Å². The molecule has 9 heteroatoms. The van der Waals surface area contributed by atoms with Gasteiger partial charge in [0, 0.05) is 13.0 Å². The van der Waals surface area contributed by atoms with Crippen LogP contribution in [0.1, 0.15) is 155 Å². The summed E-state index contributed by atoms with van der Waals surface area (Å²) in [6.45, 7) is 4.13. The van der Waals surface area contributed by atoms with Gasteiger partial charge in [-0.15, -0.1) is 0 Å². The zero-order valence-electron chi connectivity index (χ0n) is 30.4. The maximum atomic E-state index is 11.4. The fraction of sp³-hybridized carbons (Fsp3) is 0.872. The van der Waals surface area contributed by atoms with E-state index in [1.165, 1.54) is 51.4 Å². The summed E-state index contributed by atoms with van der Waals surface area (Å²) in [4.78, 5) is 11.4. The van der Waals surface area contributed by atoms with Crippen LogP contribution in [-0.2, 0) is 19.0 Å². The van der Waals surface area contributed by atoms with Crippen LogP contribution in [0.25, 0.3) is 0 Å². The summed E-state index contributed by atoms with van der Waals surface area (Å²) in [5.41, 5.74) is 0. The van der Waals surface area contributed by atoms with Crippen LogP contribution in [0.4, 0.5) is 0 Å². The van der Waals surface area contributed by atoms with Gasteiger partial charge in [0.25, 0.3) is 0 Å². The van der Waals surface area contributed by atoms with E-state index in [4.69, 9.17) is 29.5 Å². The predicted molar refractivity (Wildman–Crippen MR) is 192 cm³/mol. The third-order valence-electron chi connectivity index (χ3n) is 8.91. The molecular weight excluding hydrogens is 612 g/mol.